The second-order valence-electron chi connectivity index (χ2n) is 6.63. The van der Waals surface area contributed by atoms with Crippen LogP contribution in [0.1, 0.15) is 21.7 Å². The quantitative estimate of drug-likeness (QED) is 0.753. The summed E-state index contributed by atoms with van der Waals surface area (Å²) in [7, 11) is 3.94. The molecular formula is C19H19ClN6O. The standard InChI is InChI=1S/C19H19ClN6O/c1-25(2)18-13-8-9-26(19(27)16-14(20)10-21-24-16)11-15(13)22-17(23-18)12-6-4-3-5-7-12/h3-7,10H,8-9,11H2,1-2H3,(H,21,24). The molecule has 0 saturated carbocycles. The van der Waals surface area contributed by atoms with E-state index >= 15 is 0 Å². The molecule has 4 rings (SSSR count). The van der Waals surface area contributed by atoms with Gasteiger partial charge in [0, 0.05) is 31.8 Å². The number of H-pyrrole nitrogens is 1. The first-order valence-corrected chi connectivity index (χ1v) is 9.03. The van der Waals surface area contributed by atoms with Gasteiger partial charge in [-0.3, -0.25) is 9.89 Å². The number of carbonyl (C=O) groups is 1. The highest BCUT2D eigenvalue weighted by molar-refractivity contribution is 6.33. The predicted octanol–water partition coefficient (Wildman–Crippen LogP) is 2.78. The third kappa shape index (κ3) is 3.26. The Morgan fingerprint density at radius 1 is 1.22 bits per heavy atom. The second-order valence-corrected chi connectivity index (χ2v) is 7.03. The maximum atomic E-state index is 12.8. The zero-order valence-electron chi connectivity index (χ0n) is 15.1. The molecule has 0 aliphatic carbocycles. The normalized spacial score (nSPS) is 13.4. The first-order chi connectivity index (χ1) is 13.0. The van der Waals surface area contributed by atoms with E-state index in [9.17, 15) is 4.79 Å². The fourth-order valence-corrected chi connectivity index (χ4v) is 3.42. The van der Waals surface area contributed by atoms with Crippen molar-refractivity contribution in [2.45, 2.75) is 13.0 Å². The van der Waals surface area contributed by atoms with Crippen molar-refractivity contribution >= 4 is 23.3 Å². The fraction of sp³-hybridized carbons (Fsp3) is 0.263. The number of aromatic amines is 1. The fourth-order valence-electron chi connectivity index (χ4n) is 3.25. The lowest BCUT2D eigenvalue weighted by Gasteiger charge is -2.30. The molecule has 0 bridgehead atoms. The third-order valence-electron chi connectivity index (χ3n) is 4.59. The number of nitrogens with zero attached hydrogens (tertiary/aromatic N) is 5. The van der Waals surface area contributed by atoms with Crippen LogP contribution in [-0.4, -0.2) is 51.6 Å². The van der Waals surface area contributed by atoms with E-state index < -0.39 is 0 Å². The van der Waals surface area contributed by atoms with Crippen LogP contribution in [0.5, 0.6) is 0 Å². The molecule has 2 aromatic heterocycles. The van der Waals surface area contributed by atoms with Gasteiger partial charge in [-0.1, -0.05) is 41.9 Å². The van der Waals surface area contributed by atoms with E-state index in [4.69, 9.17) is 21.6 Å². The number of amides is 1. The van der Waals surface area contributed by atoms with Crippen LogP contribution in [0.4, 0.5) is 5.82 Å². The molecule has 138 valence electrons. The molecule has 1 aliphatic heterocycles. The number of anilines is 1. The minimum Gasteiger partial charge on any atom is -0.362 e. The van der Waals surface area contributed by atoms with Gasteiger partial charge in [0.1, 0.15) is 11.5 Å². The number of rotatable bonds is 3. The van der Waals surface area contributed by atoms with Gasteiger partial charge in [0.2, 0.25) is 0 Å². The van der Waals surface area contributed by atoms with Gasteiger partial charge < -0.3 is 9.80 Å². The number of hydrogen-bond donors (Lipinski definition) is 1. The van der Waals surface area contributed by atoms with Crippen molar-refractivity contribution in [2.75, 3.05) is 25.5 Å². The van der Waals surface area contributed by atoms with Crippen LogP contribution in [0, 0.1) is 0 Å². The predicted molar refractivity (Wildman–Crippen MR) is 104 cm³/mol. The summed E-state index contributed by atoms with van der Waals surface area (Å²) in [4.78, 5) is 26.1. The number of benzene rings is 1. The van der Waals surface area contributed by atoms with Crippen LogP contribution in [0.3, 0.4) is 0 Å². The van der Waals surface area contributed by atoms with Gasteiger partial charge in [0.25, 0.3) is 5.91 Å². The van der Waals surface area contributed by atoms with Gasteiger partial charge in [0.05, 0.1) is 23.5 Å². The van der Waals surface area contributed by atoms with Crippen LogP contribution in [0.2, 0.25) is 5.02 Å². The molecule has 0 saturated heterocycles. The smallest absolute Gasteiger partial charge is 0.273 e. The Hall–Kier alpha value is -2.93. The number of carbonyl (C=O) groups excluding carboxylic acids is 1. The Bertz CT molecular complexity index is 985. The van der Waals surface area contributed by atoms with Crippen molar-refractivity contribution in [3.8, 4) is 11.4 Å². The van der Waals surface area contributed by atoms with Gasteiger partial charge in [-0.15, -0.1) is 0 Å². The summed E-state index contributed by atoms with van der Waals surface area (Å²) in [5, 5.41) is 6.84. The lowest BCUT2D eigenvalue weighted by Crippen LogP contribution is -2.37. The topological polar surface area (TPSA) is 78.0 Å². The summed E-state index contributed by atoms with van der Waals surface area (Å²) >= 11 is 6.05. The molecule has 0 spiro atoms. The van der Waals surface area contributed by atoms with E-state index in [-0.39, 0.29) is 5.91 Å². The summed E-state index contributed by atoms with van der Waals surface area (Å²) in [6.07, 6.45) is 2.13. The Balaban J connectivity index is 1.72. The van der Waals surface area contributed by atoms with E-state index in [1.54, 1.807) is 4.90 Å². The molecule has 7 nitrogen and oxygen atoms in total. The highest BCUT2D eigenvalue weighted by atomic mass is 35.5. The maximum absolute atomic E-state index is 12.8. The van der Waals surface area contributed by atoms with E-state index in [1.807, 2.05) is 49.3 Å². The van der Waals surface area contributed by atoms with Crippen LogP contribution in [0.15, 0.2) is 36.5 Å². The molecule has 0 unspecified atom stereocenters. The molecule has 1 N–H and O–H groups in total. The van der Waals surface area contributed by atoms with Gasteiger partial charge in [-0.05, 0) is 6.42 Å². The number of aromatic nitrogens is 4. The Labute approximate surface area is 162 Å². The van der Waals surface area contributed by atoms with Crippen molar-refractivity contribution in [3.05, 3.63) is 58.5 Å². The molecule has 1 amide bonds. The second kappa shape index (κ2) is 7.00. The molecule has 3 aromatic rings. The zero-order chi connectivity index (χ0) is 19.0. The van der Waals surface area contributed by atoms with Gasteiger partial charge in [0.15, 0.2) is 5.82 Å². The number of nitrogens with one attached hydrogen (secondary N) is 1. The SMILES string of the molecule is CN(C)c1nc(-c2ccccc2)nc2c1CCN(C(=O)c1[nH]ncc1Cl)C2. The number of fused-ring (bicyclic) bond motifs is 1. The first kappa shape index (κ1) is 17.5. The van der Waals surface area contributed by atoms with Crippen LogP contribution >= 0.6 is 11.6 Å². The van der Waals surface area contributed by atoms with Crippen molar-refractivity contribution in [3.63, 3.8) is 0 Å². The molecule has 27 heavy (non-hydrogen) atoms. The van der Waals surface area contributed by atoms with Crippen LogP contribution in [-0.2, 0) is 13.0 Å². The first-order valence-electron chi connectivity index (χ1n) is 8.65. The molecule has 0 fully saturated rings. The van der Waals surface area contributed by atoms with E-state index in [0.717, 1.165) is 22.6 Å². The Kier molecular flexibility index (Phi) is 4.53. The maximum Gasteiger partial charge on any atom is 0.273 e. The van der Waals surface area contributed by atoms with Crippen molar-refractivity contribution < 1.29 is 4.79 Å². The lowest BCUT2D eigenvalue weighted by atomic mass is 10.0. The van der Waals surface area contributed by atoms with Crippen LogP contribution < -0.4 is 4.90 Å². The minimum atomic E-state index is -0.172. The molecule has 1 aromatic carbocycles. The molecular weight excluding hydrogens is 364 g/mol. The average molecular weight is 383 g/mol. The van der Waals surface area contributed by atoms with E-state index in [1.165, 1.54) is 6.20 Å². The minimum absolute atomic E-state index is 0.172. The number of hydrogen-bond acceptors (Lipinski definition) is 5. The van der Waals surface area contributed by atoms with E-state index in [0.29, 0.717) is 36.1 Å². The monoisotopic (exact) mass is 382 g/mol. The summed E-state index contributed by atoms with van der Waals surface area (Å²) in [6.45, 7) is 0.989. The van der Waals surface area contributed by atoms with Crippen molar-refractivity contribution in [1.29, 1.82) is 0 Å². The molecule has 1 aliphatic rings. The molecule has 0 atom stereocenters. The Morgan fingerprint density at radius 3 is 2.67 bits per heavy atom. The Morgan fingerprint density at radius 2 is 2.00 bits per heavy atom. The number of halogens is 1. The lowest BCUT2D eigenvalue weighted by molar-refractivity contribution is 0.0726. The van der Waals surface area contributed by atoms with Crippen molar-refractivity contribution in [2.24, 2.45) is 0 Å². The largest absolute Gasteiger partial charge is 0.362 e. The van der Waals surface area contributed by atoms with Gasteiger partial charge in [-0.2, -0.15) is 5.10 Å². The summed E-state index contributed by atoms with van der Waals surface area (Å²) in [5.41, 5.74) is 3.20. The van der Waals surface area contributed by atoms with Gasteiger partial charge >= 0.3 is 0 Å². The average Bonchev–Trinajstić information content (AvgIpc) is 3.12. The van der Waals surface area contributed by atoms with Gasteiger partial charge in [-0.25, -0.2) is 9.97 Å². The van der Waals surface area contributed by atoms with Crippen LogP contribution in [0.25, 0.3) is 11.4 Å². The van der Waals surface area contributed by atoms with E-state index in [2.05, 4.69) is 10.2 Å². The molecule has 8 heteroatoms. The third-order valence-corrected chi connectivity index (χ3v) is 4.88. The highest BCUT2D eigenvalue weighted by Crippen LogP contribution is 2.29. The summed E-state index contributed by atoms with van der Waals surface area (Å²) in [5.74, 6) is 1.38. The summed E-state index contributed by atoms with van der Waals surface area (Å²) in [6, 6.07) is 9.85. The highest BCUT2D eigenvalue weighted by Gasteiger charge is 2.28. The molecule has 3 heterocycles. The molecule has 0 radical (unpaired) electrons. The van der Waals surface area contributed by atoms with Crippen molar-refractivity contribution in [1.82, 2.24) is 25.1 Å². The zero-order valence-corrected chi connectivity index (χ0v) is 15.9. The summed E-state index contributed by atoms with van der Waals surface area (Å²) < 4.78 is 0.